The quantitative estimate of drug-likeness (QED) is 0.269. The molecule has 38 heavy (non-hydrogen) atoms. The molecule has 194 valence electrons. The fourth-order valence-electron chi connectivity index (χ4n) is 3.73. The lowest BCUT2D eigenvalue weighted by molar-refractivity contribution is -0.137. The van der Waals surface area contributed by atoms with E-state index in [4.69, 9.17) is 9.47 Å². The highest BCUT2D eigenvalue weighted by atomic mass is 19.4. The van der Waals surface area contributed by atoms with E-state index in [0.29, 0.717) is 11.1 Å². The van der Waals surface area contributed by atoms with Crippen LogP contribution in [0.15, 0.2) is 73.3 Å². The number of esters is 1. The van der Waals surface area contributed by atoms with Gasteiger partial charge in [0.25, 0.3) is 5.95 Å². The van der Waals surface area contributed by atoms with Gasteiger partial charge in [-0.1, -0.05) is 42.5 Å². The molecule has 0 saturated heterocycles. The van der Waals surface area contributed by atoms with Crippen LogP contribution in [-0.4, -0.2) is 41.9 Å². The molecule has 0 radical (unpaired) electrons. The Hall–Kier alpha value is -4.74. The lowest BCUT2D eigenvalue weighted by atomic mass is 10.1. The molecule has 2 aromatic carbocycles. The van der Waals surface area contributed by atoms with E-state index in [1.165, 1.54) is 35.5 Å². The topological polar surface area (TPSA) is 97.0 Å². The van der Waals surface area contributed by atoms with Crippen molar-refractivity contribution in [3.8, 4) is 11.8 Å². The van der Waals surface area contributed by atoms with E-state index in [-0.39, 0.29) is 42.8 Å². The highest BCUT2D eigenvalue weighted by Crippen LogP contribution is 2.30. The van der Waals surface area contributed by atoms with Crippen LogP contribution in [-0.2, 0) is 24.1 Å². The smallest absolute Gasteiger partial charge is 0.416 e. The fourth-order valence-corrected chi connectivity index (χ4v) is 3.73. The van der Waals surface area contributed by atoms with Gasteiger partial charge in [-0.05, 0) is 30.2 Å². The summed E-state index contributed by atoms with van der Waals surface area (Å²) in [5, 5.41) is 4.17. The van der Waals surface area contributed by atoms with Gasteiger partial charge in [-0.15, -0.1) is 0 Å². The van der Waals surface area contributed by atoms with Crippen LogP contribution in [0.2, 0.25) is 0 Å². The lowest BCUT2D eigenvalue weighted by Crippen LogP contribution is -2.08. The number of carbonyl (C=O) groups is 1. The first-order valence-electron chi connectivity index (χ1n) is 11.6. The molecule has 0 fully saturated rings. The monoisotopic (exact) mass is 522 g/mol. The maximum atomic E-state index is 13.0. The van der Waals surface area contributed by atoms with Gasteiger partial charge in [0.1, 0.15) is 6.61 Å². The van der Waals surface area contributed by atoms with Crippen molar-refractivity contribution in [2.45, 2.75) is 26.3 Å². The largest absolute Gasteiger partial charge is 0.471 e. The number of halogens is 3. The van der Waals surface area contributed by atoms with Gasteiger partial charge >= 0.3 is 12.1 Å². The lowest BCUT2D eigenvalue weighted by Gasteiger charge is -2.12. The Morgan fingerprint density at radius 2 is 1.76 bits per heavy atom. The molecule has 5 rings (SSSR count). The highest BCUT2D eigenvalue weighted by molar-refractivity contribution is 5.88. The summed E-state index contributed by atoms with van der Waals surface area (Å²) in [6.45, 7) is 2.34. The Morgan fingerprint density at radius 1 is 1.00 bits per heavy atom. The van der Waals surface area contributed by atoms with Gasteiger partial charge in [-0.2, -0.15) is 28.2 Å². The van der Waals surface area contributed by atoms with Crippen LogP contribution in [0.1, 0.15) is 34.0 Å². The maximum absolute atomic E-state index is 13.0. The second-order valence-corrected chi connectivity index (χ2v) is 8.24. The third-order valence-electron chi connectivity index (χ3n) is 5.58. The van der Waals surface area contributed by atoms with E-state index in [1.54, 1.807) is 11.5 Å². The van der Waals surface area contributed by atoms with E-state index in [9.17, 15) is 18.0 Å². The molecule has 0 N–H and O–H groups in total. The van der Waals surface area contributed by atoms with Crippen molar-refractivity contribution < 1.29 is 27.4 Å². The number of carbonyl (C=O) groups excluding carboxylic acids is 1. The van der Waals surface area contributed by atoms with Gasteiger partial charge in [0.15, 0.2) is 11.2 Å². The second kappa shape index (κ2) is 10.3. The van der Waals surface area contributed by atoms with E-state index < -0.39 is 17.7 Å². The van der Waals surface area contributed by atoms with Gasteiger partial charge in [-0.3, -0.25) is 0 Å². The molecule has 9 nitrogen and oxygen atoms in total. The predicted octanol–water partition coefficient (Wildman–Crippen LogP) is 4.83. The molecular formula is C26H21F3N6O3. The summed E-state index contributed by atoms with van der Waals surface area (Å²) in [7, 11) is 0. The third kappa shape index (κ3) is 5.33. The minimum absolute atomic E-state index is 0.121. The molecule has 0 aliphatic heterocycles. The number of nitrogens with zero attached hydrogens (tertiary/aromatic N) is 6. The van der Waals surface area contributed by atoms with E-state index >= 15 is 0 Å². The van der Waals surface area contributed by atoms with Crippen molar-refractivity contribution >= 4 is 17.1 Å². The van der Waals surface area contributed by atoms with Crippen LogP contribution in [0.3, 0.4) is 0 Å². The van der Waals surface area contributed by atoms with Gasteiger partial charge in [0, 0.05) is 12.7 Å². The number of hydrogen-bond acceptors (Lipinski definition) is 7. The van der Waals surface area contributed by atoms with Crippen LogP contribution in [0.25, 0.3) is 17.1 Å². The molecule has 3 heterocycles. The van der Waals surface area contributed by atoms with Crippen LogP contribution in [0.4, 0.5) is 13.2 Å². The summed E-state index contributed by atoms with van der Waals surface area (Å²) >= 11 is 0. The summed E-state index contributed by atoms with van der Waals surface area (Å²) in [5.74, 6) is -0.205. The molecule has 0 spiro atoms. The van der Waals surface area contributed by atoms with Crippen LogP contribution in [0.5, 0.6) is 5.88 Å². The summed E-state index contributed by atoms with van der Waals surface area (Å²) in [4.78, 5) is 25.4. The van der Waals surface area contributed by atoms with Gasteiger partial charge < -0.3 is 14.0 Å². The van der Waals surface area contributed by atoms with Crippen molar-refractivity contribution in [1.29, 1.82) is 0 Å². The Kier molecular flexibility index (Phi) is 6.77. The normalized spacial score (nSPS) is 11.6. The first kappa shape index (κ1) is 24.9. The van der Waals surface area contributed by atoms with Crippen molar-refractivity contribution in [2.24, 2.45) is 0 Å². The molecule has 3 aromatic heterocycles. The molecule has 0 amide bonds. The zero-order chi connectivity index (χ0) is 26.7. The summed E-state index contributed by atoms with van der Waals surface area (Å²) in [6.07, 6.45) is -0.107. The molecule has 0 aliphatic carbocycles. The Morgan fingerprint density at radius 3 is 2.47 bits per heavy atom. The molecular weight excluding hydrogens is 501 g/mol. The molecule has 0 aliphatic rings. The van der Waals surface area contributed by atoms with Crippen molar-refractivity contribution in [2.75, 3.05) is 6.61 Å². The molecule has 12 heteroatoms. The Labute approximate surface area is 214 Å². The maximum Gasteiger partial charge on any atom is 0.416 e. The van der Waals surface area contributed by atoms with Gasteiger partial charge in [0.05, 0.1) is 30.3 Å². The number of rotatable bonds is 8. The number of fused-ring (bicyclic) bond motifs is 1. The first-order chi connectivity index (χ1) is 18.3. The number of aromatic nitrogens is 6. The number of hydrogen-bond donors (Lipinski definition) is 0. The number of alkyl halides is 3. The highest BCUT2D eigenvalue weighted by Gasteiger charge is 2.30. The molecule has 0 atom stereocenters. The van der Waals surface area contributed by atoms with E-state index in [2.05, 4.69) is 20.1 Å². The number of benzene rings is 2. The van der Waals surface area contributed by atoms with Crippen LogP contribution >= 0.6 is 0 Å². The van der Waals surface area contributed by atoms with E-state index in [1.807, 2.05) is 30.3 Å². The zero-order valence-electron chi connectivity index (χ0n) is 20.1. The van der Waals surface area contributed by atoms with Crippen molar-refractivity contribution in [3.05, 3.63) is 95.6 Å². The molecule has 5 aromatic rings. The summed E-state index contributed by atoms with van der Waals surface area (Å²) in [5.41, 5.74) is 1.79. The van der Waals surface area contributed by atoms with E-state index in [0.717, 1.165) is 17.7 Å². The molecule has 0 bridgehead atoms. The first-order valence-corrected chi connectivity index (χ1v) is 11.6. The third-order valence-corrected chi connectivity index (χ3v) is 5.58. The average Bonchev–Trinajstić information content (AvgIpc) is 3.56. The minimum atomic E-state index is -4.41. The standard InChI is InChI=1S/C26H21F3N6O3/c1-2-37-24(36)19-12-31-35(14-19)25-32-22-21(23(33-25)38-15-18-6-4-3-5-7-18)34(16-30-22)13-17-8-10-20(11-9-17)26(27,28)29/h3-12,14,16H,2,13,15H2,1H3. The SMILES string of the molecule is CCOC(=O)c1cnn(-c2nc(OCc3ccccc3)c3c(ncn3Cc3ccc(C(F)(F)F)cc3)n2)c1. The summed E-state index contributed by atoms with van der Waals surface area (Å²) < 4.78 is 53.0. The fraction of sp³-hybridized carbons (Fsp3) is 0.192. The Balaban J connectivity index is 1.51. The van der Waals surface area contributed by atoms with Crippen LogP contribution < -0.4 is 4.74 Å². The second-order valence-electron chi connectivity index (χ2n) is 8.24. The zero-order valence-corrected chi connectivity index (χ0v) is 20.1. The number of imidazole rings is 1. The van der Waals surface area contributed by atoms with Gasteiger partial charge in [-0.25, -0.2) is 14.5 Å². The molecule has 0 saturated carbocycles. The minimum Gasteiger partial charge on any atom is -0.471 e. The predicted molar refractivity (Wildman–Crippen MR) is 130 cm³/mol. The average molecular weight is 522 g/mol. The van der Waals surface area contributed by atoms with Gasteiger partial charge in [0.2, 0.25) is 5.88 Å². The van der Waals surface area contributed by atoms with Crippen molar-refractivity contribution in [3.63, 3.8) is 0 Å². The van der Waals surface area contributed by atoms with Crippen LogP contribution in [0, 0.1) is 0 Å². The summed E-state index contributed by atoms with van der Waals surface area (Å²) in [6, 6.07) is 14.4. The Bertz CT molecular complexity index is 1560. The number of ether oxygens (including phenoxy) is 2. The van der Waals surface area contributed by atoms with Crippen molar-refractivity contribution in [1.82, 2.24) is 29.3 Å². The molecule has 0 unspecified atom stereocenters.